The van der Waals surface area contributed by atoms with Crippen molar-refractivity contribution >= 4 is 0 Å². The molecule has 0 heterocycles. The van der Waals surface area contributed by atoms with Gasteiger partial charge in [-0.3, -0.25) is 0 Å². The molecule has 0 spiro atoms. The number of hydrogen-bond acceptors (Lipinski definition) is 2. The molecule has 2 aromatic rings. The first-order valence-corrected chi connectivity index (χ1v) is 7.29. The van der Waals surface area contributed by atoms with Crippen molar-refractivity contribution in [2.75, 3.05) is 0 Å². The Hall–Kier alpha value is -1.87. The predicted molar refractivity (Wildman–Crippen MR) is 83.9 cm³/mol. The Kier molecular flexibility index (Phi) is 5.34. The van der Waals surface area contributed by atoms with Gasteiger partial charge in [0, 0.05) is 12.6 Å². The van der Waals surface area contributed by atoms with Crippen LogP contribution in [0.5, 0.6) is 5.75 Å². The molecule has 0 aliphatic heterocycles. The van der Waals surface area contributed by atoms with Crippen LogP contribution in [0.2, 0.25) is 0 Å². The molecule has 0 bridgehead atoms. The van der Waals surface area contributed by atoms with E-state index in [0.717, 1.165) is 17.9 Å². The molecule has 0 saturated carbocycles. The Morgan fingerprint density at radius 2 is 1.76 bits per heavy atom. The number of ether oxygens (including phenoxy) is 1. The molecule has 0 aliphatic rings. The lowest BCUT2D eigenvalue weighted by molar-refractivity contribution is 0.242. The lowest BCUT2D eigenvalue weighted by Gasteiger charge is -2.15. The summed E-state index contributed by atoms with van der Waals surface area (Å²) in [5.74, 6) is 0.684. The van der Waals surface area contributed by atoms with E-state index < -0.39 is 0 Å². The summed E-state index contributed by atoms with van der Waals surface area (Å²) in [5, 5.41) is 3.40. The number of benzene rings is 2. The van der Waals surface area contributed by atoms with Crippen LogP contribution in [0.4, 0.5) is 4.39 Å². The first kappa shape index (κ1) is 15.5. The topological polar surface area (TPSA) is 21.3 Å². The second-order valence-corrected chi connectivity index (χ2v) is 5.47. The first-order valence-electron chi connectivity index (χ1n) is 7.29. The van der Waals surface area contributed by atoms with Gasteiger partial charge in [0.25, 0.3) is 0 Å². The van der Waals surface area contributed by atoms with Gasteiger partial charge in [-0.05, 0) is 56.2 Å². The average Bonchev–Trinajstić information content (AvgIpc) is 2.45. The largest absolute Gasteiger partial charge is 0.491 e. The normalized spacial score (nSPS) is 12.4. The van der Waals surface area contributed by atoms with Crippen LogP contribution in [-0.2, 0) is 6.54 Å². The van der Waals surface area contributed by atoms with Crippen LogP contribution in [0.25, 0.3) is 0 Å². The van der Waals surface area contributed by atoms with Gasteiger partial charge < -0.3 is 10.1 Å². The van der Waals surface area contributed by atoms with Gasteiger partial charge in [0.1, 0.15) is 11.6 Å². The van der Waals surface area contributed by atoms with Crippen LogP contribution in [-0.4, -0.2) is 6.10 Å². The number of halogens is 1. The quantitative estimate of drug-likeness (QED) is 0.846. The van der Waals surface area contributed by atoms with Gasteiger partial charge in [-0.25, -0.2) is 4.39 Å². The summed E-state index contributed by atoms with van der Waals surface area (Å²) in [6.07, 6.45) is 0.182. The molecular weight excluding hydrogens is 265 g/mol. The van der Waals surface area contributed by atoms with E-state index >= 15 is 0 Å². The maximum atomic E-state index is 13.2. The fourth-order valence-corrected chi connectivity index (χ4v) is 2.12. The molecular formula is C18H22FNO. The van der Waals surface area contributed by atoms with Gasteiger partial charge in [-0.15, -0.1) is 0 Å². The van der Waals surface area contributed by atoms with Gasteiger partial charge >= 0.3 is 0 Å². The van der Waals surface area contributed by atoms with E-state index in [1.54, 1.807) is 12.1 Å². The third-order valence-electron chi connectivity index (χ3n) is 3.26. The van der Waals surface area contributed by atoms with Crippen molar-refractivity contribution in [2.24, 2.45) is 0 Å². The zero-order chi connectivity index (χ0) is 15.2. The molecule has 112 valence electrons. The Bertz CT molecular complexity index is 566. The van der Waals surface area contributed by atoms with Gasteiger partial charge in [0.15, 0.2) is 0 Å². The van der Waals surface area contributed by atoms with Crippen LogP contribution >= 0.6 is 0 Å². The van der Waals surface area contributed by atoms with Crippen molar-refractivity contribution in [3.63, 3.8) is 0 Å². The predicted octanol–water partition coefficient (Wildman–Crippen LogP) is 4.46. The fraction of sp³-hybridized carbons (Fsp3) is 0.333. The summed E-state index contributed by atoms with van der Waals surface area (Å²) >= 11 is 0. The van der Waals surface area contributed by atoms with E-state index in [2.05, 4.69) is 5.32 Å². The van der Waals surface area contributed by atoms with Gasteiger partial charge in [0.2, 0.25) is 0 Å². The number of hydrogen-bond donors (Lipinski definition) is 1. The van der Waals surface area contributed by atoms with E-state index in [4.69, 9.17) is 4.74 Å². The fourth-order valence-electron chi connectivity index (χ4n) is 2.12. The van der Waals surface area contributed by atoms with Crippen molar-refractivity contribution in [1.82, 2.24) is 5.32 Å². The average molecular weight is 287 g/mol. The maximum absolute atomic E-state index is 13.2. The van der Waals surface area contributed by atoms with Crippen molar-refractivity contribution in [3.8, 4) is 5.75 Å². The molecule has 0 unspecified atom stereocenters. The summed E-state index contributed by atoms with van der Waals surface area (Å²) in [5.41, 5.74) is 2.13. The van der Waals surface area contributed by atoms with E-state index in [-0.39, 0.29) is 18.0 Å². The summed E-state index contributed by atoms with van der Waals surface area (Å²) in [4.78, 5) is 0. The maximum Gasteiger partial charge on any atom is 0.123 e. The van der Waals surface area contributed by atoms with Crippen molar-refractivity contribution in [3.05, 3.63) is 65.5 Å². The minimum atomic E-state index is -0.198. The molecule has 3 heteroatoms. The lowest BCUT2D eigenvalue weighted by atomic mass is 10.1. The standard InChI is InChI=1S/C18H22FNO/c1-13(2)21-18-9-7-15(8-10-18)12-20-14(3)16-5-4-6-17(19)11-16/h4-11,13-14,20H,12H2,1-3H3/t14-/m0/s1. The molecule has 0 saturated heterocycles. The number of rotatable bonds is 6. The minimum Gasteiger partial charge on any atom is -0.491 e. The van der Waals surface area contributed by atoms with Crippen LogP contribution in [0.1, 0.15) is 37.9 Å². The number of nitrogens with one attached hydrogen (secondary N) is 1. The van der Waals surface area contributed by atoms with Crippen LogP contribution in [0.15, 0.2) is 48.5 Å². The second kappa shape index (κ2) is 7.23. The second-order valence-electron chi connectivity index (χ2n) is 5.47. The van der Waals surface area contributed by atoms with E-state index in [1.807, 2.05) is 51.1 Å². The summed E-state index contributed by atoms with van der Waals surface area (Å²) in [7, 11) is 0. The zero-order valence-corrected chi connectivity index (χ0v) is 12.8. The van der Waals surface area contributed by atoms with Crippen molar-refractivity contribution in [2.45, 2.75) is 39.5 Å². The third-order valence-corrected chi connectivity index (χ3v) is 3.26. The Morgan fingerprint density at radius 1 is 1.05 bits per heavy atom. The minimum absolute atomic E-state index is 0.104. The zero-order valence-electron chi connectivity index (χ0n) is 12.8. The highest BCUT2D eigenvalue weighted by Crippen LogP contribution is 2.16. The first-order chi connectivity index (χ1) is 10.0. The van der Waals surface area contributed by atoms with E-state index in [0.29, 0.717) is 0 Å². The molecule has 0 radical (unpaired) electrons. The van der Waals surface area contributed by atoms with Crippen molar-refractivity contribution in [1.29, 1.82) is 0 Å². The van der Waals surface area contributed by atoms with Crippen LogP contribution < -0.4 is 10.1 Å². The Labute approximate surface area is 126 Å². The van der Waals surface area contributed by atoms with E-state index in [1.165, 1.54) is 11.6 Å². The Balaban J connectivity index is 1.90. The highest BCUT2D eigenvalue weighted by molar-refractivity contribution is 5.27. The summed E-state index contributed by atoms with van der Waals surface area (Å²) < 4.78 is 18.8. The molecule has 21 heavy (non-hydrogen) atoms. The molecule has 0 aliphatic carbocycles. The molecule has 0 fully saturated rings. The molecule has 1 N–H and O–H groups in total. The molecule has 2 aromatic carbocycles. The molecule has 2 nitrogen and oxygen atoms in total. The molecule has 0 aromatic heterocycles. The SMILES string of the molecule is CC(C)Oc1ccc(CN[C@@H](C)c2cccc(F)c2)cc1. The monoisotopic (exact) mass is 287 g/mol. The molecule has 2 rings (SSSR count). The van der Waals surface area contributed by atoms with E-state index in [9.17, 15) is 4.39 Å². The van der Waals surface area contributed by atoms with Crippen LogP contribution in [0, 0.1) is 5.82 Å². The molecule has 0 amide bonds. The summed E-state index contributed by atoms with van der Waals surface area (Å²) in [6, 6.07) is 14.8. The molecule has 1 atom stereocenters. The van der Waals surface area contributed by atoms with Crippen molar-refractivity contribution < 1.29 is 9.13 Å². The van der Waals surface area contributed by atoms with Gasteiger partial charge in [-0.1, -0.05) is 24.3 Å². The highest BCUT2D eigenvalue weighted by atomic mass is 19.1. The smallest absolute Gasteiger partial charge is 0.123 e. The summed E-state index contributed by atoms with van der Waals surface area (Å²) in [6.45, 7) is 6.79. The van der Waals surface area contributed by atoms with Gasteiger partial charge in [-0.2, -0.15) is 0 Å². The van der Waals surface area contributed by atoms with Gasteiger partial charge in [0.05, 0.1) is 6.10 Å². The highest BCUT2D eigenvalue weighted by Gasteiger charge is 2.06. The third kappa shape index (κ3) is 4.87. The Morgan fingerprint density at radius 3 is 2.38 bits per heavy atom. The van der Waals surface area contributed by atoms with Crippen LogP contribution in [0.3, 0.4) is 0 Å². The lowest BCUT2D eigenvalue weighted by Crippen LogP contribution is -2.18.